The molecule has 1 aliphatic heterocycles. The molecule has 0 atom stereocenters. The Kier molecular flexibility index (Phi) is 3.65. The SMILES string of the molecule is CCN1CCN(C2(CN)CCCC2)CC1. The number of piperazine rings is 1. The van der Waals surface area contributed by atoms with E-state index in [9.17, 15) is 0 Å². The molecule has 2 rings (SSSR count). The predicted octanol–water partition coefficient (Wildman–Crippen LogP) is 0.895. The van der Waals surface area contributed by atoms with Crippen LogP contribution in [0.2, 0.25) is 0 Å². The maximum atomic E-state index is 6.01. The van der Waals surface area contributed by atoms with Gasteiger partial charge < -0.3 is 10.6 Å². The standard InChI is InChI=1S/C12H25N3/c1-2-14-7-9-15(10-8-14)12(11-13)5-3-4-6-12/h2-11,13H2,1H3. The molecule has 0 spiro atoms. The van der Waals surface area contributed by atoms with E-state index in [1.54, 1.807) is 0 Å². The number of likely N-dealkylation sites (N-methyl/N-ethyl adjacent to an activating group) is 1. The molecule has 0 aromatic rings. The zero-order chi connectivity index (χ0) is 10.7. The average molecular weight is 211 g/mol. The van der Waals surface area contributed by atoms with Gasteiger partial charge in [-0.3, -0.25) is 4.90 Å². The number of nitrogens with zero attached hydrogens (tertiary/aromatic N) is 2. The molecule has 0 amide bonds. The topological polar surface area (TPSA) is 32.5 Å². The summed E-state index contributed by atoms with van der Waals surface area (Å²) in [4.78, 5) is 5.21. The lowest BCUT2D eigenvalue weighted by molar-refractivity contribution is 0.0415. The Balaban J connectivity index is 1.93. The van der Waals surface area contributed by atoms with E-state index in [2.05, 4.69) is 16.7 Å². The van der Waals surface area contributed by atoms with Crippen molar-refractivity contribution in [3.8, 4) is 0 Å². The molecule has 0 aromatic carbocycles. The summed E-state index contributed by atoms with van der Waals surface area (Å²) < 4.78 is 0. The molecule has 0 aromatic heterocycles. The molecule has 15 heavy (non-hydrogen) atoms. The molecule has 0 radical (unpaired) electrons. The number of rotatable bonds is 3. The molecule has 2 aliphatic rings. The second-order valence-electron chi connectivity index (χ2n) is 5.06. The van der Waals surface area contributed by atoms with E-state index in [1.165, 1.54) is 58.4 Å². The smallest absolute Gasteiger partial charge is 0.0332 e. The van der Waals surface area contributed by atoms with Crippen molar-refractivity contribution < 1.29 is 0 Å². The Morgan fingerprint density at radius 3 is 2.13 bits per heavy atom. The Labute approximate surface area is 93.6 Å². The van der Waals surface area contributed by atoms with Crippen LogP contribution in [0.1, 0.15) is 32.6 Å². The van der Waals surface area contributed by atoms with Gasteiger partial charge in [0.15, 0.2) is 0 Å². The van der Waals surface area contributed by atoms with Gasteiger partial charge in [-0.25, -0.2) is 0 Å². The van der Waals surface area contributed by atoms with Crippen LogP contribution in [0.5, 0.6) is 0 Å². The van der Waals surface area contributed by atoms with E-state index in [-0.39, 0.29) is 0 Å². The van der Waals surface area contributed by atoms with Crippen molar-refractivity contribution >= 4 is 0 Å². The molecule has 1 heterocycles. The van der Waals surface area contributed by atoms with Crippen LogP contribution >= 0.6 is 0 Å². The van der Waals surface area contributed by atoms with Gasteiger partial charge in [-0.15, -0.1) is 0 Å². The molecular formula is C12H25N3. The van der Waals surface area contributed by atoms with Gasteiger partial charge in [0, 0.05) is 38.3 Å². The van der Waals surface area contributed by atoms with Crippen molar-refractivity contribution in [2.75, 3.05) is 39.3 Å². The van der Waals surface area contributed by atoms with Crippen molar-refractivity contribution in [3.63, 3.8) is 0 Å². The maximum absolute atomic E-state index is 6.01. The molecule has 3 nitrogen and oxygen atoms in total. The van der Waals surface area contributed by atoms with Crippen molar-refractivity contribution in [2.24, 2.45) is 5.73 Å². The van der Waals surface area contributed by atoms with Crippen LogP contribution in [-0.4, -0.2) is 54.6 Å². The van der Waals surface area contributed by atoms with Gasteiger partial charge in [-0.2, -0.15) is 0 Å². The van der Waals surface area contributed by atoms with Crippen LogP contribution in [0.15, 0.2) is 0 Å². The molecule has 0 unspecified atom stereocenters. The molecule has 2 N–H and O–H groups in total. The fraction of sp³-hybridized carbons (Fsp3) is 1.00. The minimum absolute atomic E-state index is 0.375. The molecule has 2 fully saturated rings. The first kappa shape index (κ1) is 11.4. The lowest BCUT2D eigenvalue weighted by Crippen LogP contribution is -2.58. The first-order valence-electron chi connectivity index (χ1n) is 6.48. The van der Waals surface area contributed by atoms with Crippen molar-refractivity contribution in [3.05, 3.63) is 0 Å². The second-order valence-corrected chi connectivity index (χ2v) is 5.06. The zero-order valence-corrected chi connectivity index (χ0v) is 10.0. The molecule has 3 heteroatoms. The highest BCUT2D eigenvalue weighted by atomic mass is 15.3. The van der Waals surface area contributed by atoms with Crippen LogP contribution in [0.3, 0.4) is 0 Å². The minimum Gasteiger partial charge on any atom is -0.329 e. The van der Waals surface area contributed by atoms with E-state index < -0.39 is 0 Å². The van der Waals surface area contributed by atoms with Gasteiger partial charge in [0.2, 0.25) is 0 Å². The third-order valence-corrected chi connectivity index (χ3v) is 4.40. The van der Waals surface area contributed by atoms with Gasteiger partial charge in [0.25, 0.3) is 0 Å². The summed E-state index contributed by atoms with van der Waals surface area (Å²) in [6, 6.07) is 0. The minimum atomic E-state index is 0.375. The van der Waals surface area contributed by atoms with Gasteiger partial charge in [-0.1, -0.05) is 19.8 Å². The lowest BCUT2D eigenvalue weighted by Gasteiger charge is -2.45. The highest BCUT2D eigenvalue weighted by Gasteiger charge is 2.39. The Bertz CT molecular complexity index is 191. The summed E-state index contributed by atoms with van der Waals surface area (Å²) >= 11 is 0. The highest BCUT2D eigenvalue weighted by molar-refractivity contribution is 4.97. The Morgan fingerprint density at radius 2 is 1.67 bits per heavy atom. The van der Waals surface area contributed by atoms with E-state index in [1.807, 2.05) is 0 Å². The first-order valence-corrected chi connectivity index (χ1v) is 6.48. The van der Waals surface area contributed by atoms with E-state index >= 15 is 0 Å². The third-order valence-electron chi connectivity index (χ3n) is 4.40. The van der Waals surface area contributed by atoms with Gasteiger partial charge in [0.1, 0.15) is 0 Å². The summed E-state index contributed by atoms with van der Waals surface area (Å²) in [5.74, 6) is 0. The number of hydrogen-bond acceptors (Lipinski definition) is 3. The van der Waals surface area contributed by atoms with Crippen molar-refractivity contribution in [1.29, 1.82) is 0 Å². The van der Waals surface area contributed by atoms with E-state index in [4.69, 9.17) is 5.73 Å². The molecular weight excluding hydrogens is 186 g/mol. The average Bonchev–Trinajstić information content (AvgIpc) is 2.79. The molecule has 88 valence electrons. The Morgan fingerprint density at radius 1 is 1.07 bits per heavy atom. The fourth-order valence-corrected chi connectivity index (χ4v) is 3.22. The van der Waals surface area contributed by atoms with Crippen molar-refractivity contribution in [2.45, 2.75) is 38.1 Å². The third kappa shape index (κ3) is 2.19. The van der Waals surface area contributed by atoms with Gasteiger partial charge >= 0.3 is 0 Å². The largest absolute Gasteiger partial charge is 0.329 e. The van der Waals surface area contributed by atoms with Crippen LogP contribution in [-0.2, 0) is 0 Å². The van der Waals surface area contributed by atoms with Crippen molar-refractivity contribution in [1.82, 2.24) is 9.80 Å². The second kappa shape index (κ2) is 4.81. The summed E-state index contributed by atoms with van der Waals surface area (Å²) in [5.41, 5.74) is 6.39. The van der Waals surface area contributed by atoms with Crippen LogP contribution in [0, 0.1) is 0 Å². The maximum Gasteiger partial charge on any atom is 0.0332 e. The normalized spacial score (nSPS) is 28.4. The molecule has 0 bridgehead atoms. The summed E-state index contributed by atoms with van der Waals surface area (Å²) in [7, 11) is 0. The summed E-state index contributed by atoms with van der Waals surface area (Å²) in [6.07, 6.45) is 5.42. The van der Waals surface area contributed by atoms with Crippen LogP contribution in [0.25, 0.3) is 0 Å². The van der Waals surface area contributed by atoms with Crippen LogP contribution in [0.4, 0.5) is 0 Å². The van der Waals surface area contributed by atoms with Gasteiger partial charge in [-0.05, 0) is 19.4 Å². The van der Waals surface area contributed by atoms with E-state index in [0.717, 1.165) is 6.54 Å². The number of nitrogens with two attached hydrogens (primary N) is 1. The quantitative estimate of drug-likeness (QED) is 0.752. The zero-order valence-electron chi connectivity index (χ0n) is 10.0. The predicted molar refractivity (Wildman–Crippen MR) is 63.9 cm³/mol. The molecule has 1 aliphatic carbocycles. The highest BCUT2D eigenvalue weighted by Crippen LogP contribution is 2.34. The first-order chi connectivity index (χ1) is 7.30. The van der Waals surface area contributed by atoms with E-state index in [0.29, 0.717) is 5.54 Å². The molecule has 1 saturated heterocycles. The number of hydrogen-bond donors (Lipinski definition) is 1. The summed E-state index contributed by atoms with van der Waals surface area (Å²) in [5, 5.41) is 0. The Hall–Kier alpha value is -0.120. The monoisotopic (exact) mass is 211 g/mol. The molecule has 1 saturated carbocycles. The summed E-state index contributed by atoms with van der Waals surface area (Å²) in [6.45, 7) is 9.24. The van der Waals surface area contributed by atoms with Crippen LogP contribution < -0.4 is 5.73 Å². The fourth-order valence-electron chi connectivity index (χ4n) is 3.22. The van der Waals surface area contributed by atoms with Gasteiger partial charge in [0.05, 0.1) is 0 Å². The lowest BCUT2D eigenvalue weighted by atomic mass is 9.94.